The number of nitro benzene ring substituents is 1. The van der Waals surface area contributed by atoms with Gasteiger partial charge in [0, 0.05) is 48.7 Å². The topological polar surface area (TPSA) is 87.4 Å². The summed E-state index contributed by atoms with van der Waals surface area (Å²) < 4.78 is 0. The lowest BCUT2D eigenvalue weighted by Gasteiger charge is -2.14. The summed E-state index contributed by atoms with van der Waals surface area (Å²) in [6, 6.07) is 4.51. The molecule has 2 atom stereocenters. The van der Waals surface area contributed by atoms with Crippen LogP contribution in [0.15, 0.2) is 18.2 Å². The van der Waals surface area contributed by atoms with Crippen molar-refractivity contribution in [2.24, 2.45) is 5.92 Å². The smallest absolute Gasteiger partial charge is 0.273 e. The van der Waals surface area contributed by atoms with Gasteiger partial charge in [0.2, 0.25) is 0 Å². The summed E-state index contributed by atoms with van der Waals surface area (Å²) in [5.74, 6) is 0.137. The van der Waals surface area contributed by atoms with Gasteiger partial charge in [0.15, 0.2) is 0 Å². The third kappa shape index (κ3) is 3.63. The van der Waals surface area contributed by atoms with E-state index >= 15 is 0 Å². The van der Waals surface area contributed by atoms with Crippen molar-refractivity contribution in [2.45, 2.75) is 12.6 Å². The van der Waals surface area contributed by atoms with Gasteiger partial charge in [-0.2, -0.15) is 0 Å². The monoisotopic (exact) mass is 285 g/mol. The Hall–Kier alpha value is -1.21. The fourth-order valence-electron chi connectivity index (χ4n) is 2.19. The van der Waals surface area contributed by atoms with Crippen molar-refractivity contribution in [1.82, 2.24) is 10.6 Å². The first-order chi connectivity index (χ1) is 9.08. The van der Waals surface area contributed by atoms with Gasteiger partial charge < -0.3 is 15.7 Å². The van der Waals surface area contributed by atoms with Crippen LogP contribution < -0.4 is 10.6 Å². The quantitative estimate of drug-likeness (QED) is 0.553. The van der Waals surface area contributed by atoms with E-state index in [4.69, 9.17) is 11.6 Å². The van der Waals surface area contributed by atoms with E-state index < -0.39 is 4.92 Å². The fourth-order valence-corrected chi connectivity index (χ4v) is 2.39. The van der Waals surface area contributed by atoms with Crippen molar-refractivity contribution < 1.29 is 10.0 Å². The van der Waals surface area contributed by atoms with Gasteiger partial charge in [-0.3, -0.25) is 10.1 Å². The summed E-state index contributed by atoms with van der Waals surface area (Å²) in [7, 11) is 0. The molecule has 1 aliphatic rings. The molecule has 2 rings (SSSR count). The van der Waals surface area contributed by atoms with Gasteiger partial charge >= 0.3 is 0 Å². The lowest BCUT2D eigenvalue weighted by Crippen LogP contribution is -2.30. The largest absolute Gasteiger partial charge is 0.391 e. The molecule has 1 saturated heterocycles. The highest BCUT2D eigenvalue weighted by molar-refractivity contribution is 6.30. The Morgan fingerprint density at radius 2 is 2.32 bits per heavy atom. The summed E-state index contributed by atoms with van der Waals surface area (Å²) in [5.41, 5.74) is 0.611. The standard InChI is InChI=1S/C12H16ClN3O3/c13-10-1-2-11(16(18)19)8(3-10)4-14-5-9-6-15-7-12(9)17/h1-3,9,12,14-15,17H,4-7H2. The van der Waals surface area contributed by atoms with Crippen molar-refractivity contribution >= 4 is 17.3 Å². The molecule has 7 heteroatoms. The van der Waals surface area contributed by atoms with Crippen molar-refractivity contribution in [3.05, 3.63) is 38.9 Å². The number of nitrogens with zero attached hydrogens (tertiary/aromatic N) is 1. The Morgan fingerprint density at radius 1 is 1.53 bits per heavy atom. The Bertz CT molecular complexity index is 470. The molecular weight excluding hydrogens is 270 g/mol. The summed E-state index contributed by atoms with van der Waals surface area (Å²) in [5, 5.41) is 27.2. The van der Waals surface area contributed by atoms with Gasteiger partial charge in [-0.25, -0.2) is 0 Å². The van der Waals surface area contributed by atoms with E-state index in [0.29, 0.717) is 30.2 Å². The fraction of sp³-hybridized carbons (Fsp3) is 0.500. The first kappa shape index (κ1) is 14.2. The van der Waals surface area contributed by atoms with Gasteiger partial charge in [0.05, 0.1) is 11.0 Å². The van der Waals surface area contributed by atoms with E-state index in [0.717, 1.165) is 6.54 Å². The third-order valence-electron chi connectivity index (χ3n) is 3.26. The maximum Gasteiger partial charge on any atom is 0.273 e. The molecule has 0 aliphatic carbocycles. The molecule has 0 radical (unpaired) electrons. The van der Waals surface area contributed by atoms with Crippen LogP contribution in [0, 0.1) is 16.0 Å². The van der Waals surface area contributed by atoms with Crippen molar-refractivity contribution in [1.29, 1.82) is 0 Å². The average Bonchev–Trinajstić information content (AvgIpc) is 2.75. The highest BCUT2D eigenvalue weighted by atomic mass is 35.5. The van der Waals surface area contributed by atoms with Crippen LogP contribution >= 0.6 is 11.6 Å². The molecule has 0 aromatic heterocycles. The van der Waals surface area contributed by atoms with Crippen LogP contribution in [0.3, 0.4) is 0 Å². The Kier molecular flexibility index (Phi) is 4.71. The van der Waals surface area contributed by atoms with Crippen LogP contribution in [0.25, 0.3) is 0 Å². The number of β-amino-alcohol motifs (C(OH)–C–C–N with tert-alkyl or cyclic N) is 1. The van der Waals surface area contributed by atoms with E-state index in [2.05, 4.69) is 10.6 Å². The normalized spacial score (nSPS) is 22.6. The summed E-state index contributed by atoms with van der Waals surface area (Å²) >= 11 is 5.85. The van der Waals surface area contributed by atoms with Crippen LogP contribution in [0.4, 0.5) is 5.69 Å². The molecule has 2 unspecified atom stereocenters. The second kappa shape index (κ2) is 6.29. The number of hydrogen-bond donors (Lipinski definition) is 3. The molecule has 1 heterocycles. The molecule has 1 aromatic rings. The highest BCUT2D eigenvalue weighted by Crippen LogP contribution is 2.22. The predicted octanol–water partition coefficient (Wildman–Crippen LogP) is 0.918. The van der Waals surface area contributed by atoms with Crippen molar-refractivity contribution in [3.63, 3.8) is 0 Å². The first-order valence-corrected chi connectivity index (χ1v) is 6.48. The van der Waals surface area contributed by atoms with Gasteiger partial charge in [-0.15, -0.1) is 0 Å². The predicted molar refractivity (Wildman–Crippen MR) is 72.2 cm³/mol. The number of nitro groups is 1. The second-order valence-corrected chi connectivity index (χ2v) is 5.08. The number of halogens is 1. The zero-order valence-electron chi connectivity index (χ0n) is 10.3. The lowest BCUT2D eigenvalue weighted by molar-refractivity contribution is -0.385. The van der Waals surface area contributed by atoms with Crippen LogP contribution in [0.1, 0.15) is 5.56 Å². The van der Waals surface area contributed by atoms with Gasteiger partial charge in [-0.05, 0) is 12.1 Å². The van der Waals surface area contributed by atoms with E-state index in [1.807, 2.05) is 0 Å². The van der Waals surface area contributed by atoms with E-state index in [-0.39, 0.29) is 17.7 Å². The minimum Gasteiger partial charge on any atom is -0.391 e. The van der Waals surface area contributed by atoms with Gasteiger partial charge in [0.25, 0.3) is 5.69 Å². The van der Waals surface area contributed by atoms with Gasteiger partial charge in [0.1, 0.15) is 0 Å². The number of aliphatic hydroxyl groups excluding tert-OH is 1. The molecule has 3 N–H and O–H groups in total. The minimum absolute atomic E-state index is 0.0574. The Morgan fingerprint density at radius 3 is 2.95 bits per heavy atom. The summed E-state index contributed by atoms with van der Waals surface area (Å²) in [4.78, 5) is 10.5. The second-order valence-electron chi connectivity index (χ2n) is 4.65. The highest BCUT2D eigenvalue weighted by Gasteiger charge is 2.24. The molecule has 0 saturated carbocycles. The van der Waals surface area contributed by atoms with Crippen LogP contribution in [0.2, 0.25) is 5.02 Å². The molecule has 6 nitrogen and oxygen atoms in total. The number of rotatable bonds is 5. The molecule has 104 valence electrons. The Labute approximate surface area is 115 Å². The zero-order chi connectivity index (χ0) is 13.8. The van der Waals surface area contributed by atoms with Gasteiger partial charge in [-0.1, -0.05) is 11.6 Å². The SMILES string of the molecule is O=[N+]([O-])c1ccc(Cl)cc1CNCC1CNCC1O. The maximum atomic E-state index is 10.9. The molecule has 0 bridgehead atoms. The average molecular weight is 286 g/mol. The molecular formula is C12H16ClN3O3. The van der Waals surface area contributed by atoms with E-state index in [1.54, 1.807) is 6.07 Å². The molecule has 19 heavy (non-hydrogen) atoms. The molecule has 0 amide bonds. The van der Waals surface area contributed by atoms with Crippen LogP contribution in [-0.4, -0.2) is 35.8 Å². The van der Waals surface area contributed by atoms with Crippen LogP contribution in [0.5, 0.6) is 0 Å². The Balaban J connectivity index is 1.95. The summed E-state index contributed by atoms with van der Waals surface area (Å²) in [6.07, 6.45) is -0.359. The van der Waals surface area contributed by atoms with E-state index in [1.165, 1.54) is 12.1 Å². The number of benzene rings is 1. The minimum atomic E-state index is -0.417. The number of nitrogens with one attached hydrogen (secondary N) is 2. The molecule has 0 spiro atoms. The zero-order valence-corrected chi connectivity index (χ0v) is 11.1. The van der Waals surface area contributed by atoms with Crippen molar-refractivity contribution in [2.75, 3.05) is 19.6 Å². The lowest BCUT2D eigenvalue weighted by atomic mass is 10.1. The van der Waals surface area contributed by atoms with Crippen molar-refractivity contribution in [3.8, 4) is 0 Å². The van der Waals surface area contributed by atoms with E-state index in [9.17, 15) is 15.2 Å². The first-order valence-electron chi connectivity index (χ1n) is 6.10. The third-order valence-corrected chi connectivity index (χ3v) is 3.50. The maximum absolute atomic E-state index is 10.9. The molecule has 1 aliphatic heterocycles. The van der Waals surface area contributed by atoms with Crippen LogP contribution in [-0.2, 0) is 6.54 Å². The molecule has 1 fully saturated rings. The number of aliphatic hydroxyl groups is 1. The summed E-state index contributed by atoms with van der Waals surface area (Å²) in [6.45, 7) is 2.33. The number of hydrogen-bond acceptors (Lipinski definition) is 5. The molecule has 1 aromatic carbocycles.